The van der Waals surface area contributed by atoms with Crippen molar-refractivity contribution in [2.75, 3.05) is 38.1 Å². The lowest BCUT2D eigenvalue weighted by atomic mass is 10.2. The number of anilines is 1. The minimum atomic E-state index is -0.166. The Labute approximate surface area is 184 Å². The molecule has 0 bridgehead atoms. The van der Waals surface area contributed by atoms with Crippen LogP contribution in [0, 0.1) is 0 Å². The topological polar surface area (TPSA) is 44.6 Å². The van der Waals surface area contributed by atoms with Crippen LogP contribution >= 0.6 is 0 Å². The van der Waals surface area contributed by atoms with E-state index in [0.29, 0.717) is 6.54 Å². The minimum Gasteiger partial charge on any atom is -0.368 e. The molecule has 0 N–H and O–H groups in total. The first-order valence-electron chi connectivity index (χ1n) is 10.9. The summed E-state index contributed by atoms with van der Waals surface area (Å²) in [7, 11) is 2.01. The molecule has 3 aromatic rings. The van der Waals surface area contributed by atoms with Gasteiger partial charge < -0.3 is 9.80 Å². The van der Waals surface area contributed by atoms with Gasteiger partial charge in [0.2, 0.25) is 5.91 Å². The largest absolute Gasteiger partial charge is 0.368 e. The smallest absolute Gasteiger partial charge is 0.239 e. The van der Waals surface area contributed by atoms with Crippen molar-refractivity contribution in [1.29, 1.82) is 0 Å². The normalized spacial score (nSPS) is 15.3. The molecule has 0 aliphatic carbocycles. The summed E-state index contributed by atoms with van der Waals surface area (Å²) in [5.74, 6) is 0.201. The zero-order chi connectivity index (χ0) is 21.6. The van der Waals surface area contributed by atoms with Gasteiger partial charge in [-0.2, -0.15) is 5.10 Å². The van der Waals surface area contributed by atoms with Gasteiger partial charge in [0.05, 0.1) is 18.8 Å². The van der Waals surface area contributed by atoms with E-state index in [2.05, 4.69) is 57.5 Å². The lowest BCUT2D eigenvalue weighted by molar-refractivity contribution is -0.136. The van der Waals surface area contributed by atoms with E-state index in [0.717, 1.165) is 38.3 Å². The molecule has 4 rings (SSSR count). The average Bonchev–Trinajstić information content (AvgIpc) is 3.26. The maximum atomic E-state index is 13.1. The highest BCUT2D eigenvalue weighted by Crippen LogP contribution is 2.17. The fraction of sp³-hybridized carbons (Fsp3) is 0.360. The molecular weight excluding hydrogens is 386 g/mol. The molecule has 1 unspecified atom stereocenters. The van der Waals surface area contributed by atoms with E-state index in [1.807, 2.05) is 54.0 Å². The molecule has 0 spiro atoms. The zero-order valence-electron chi connectivity index (χ0n) is 18.4. The van der Waals surface area contributed by atoms with Crippen LogP contribution in [0.5, 0.6) is 0 Å². The summed E-state index contributed by atoms with van der Waals surface area (Å²) >= 11 is 0. The van der Waals surface area contributed by atoms with Gasteiger partial charge in [0.1, 0.15) is 0 Å². The summed E-state index contributed by atoms with van der Waals surface area (Å²) in [4.78, 5) is 19.5. The predicted octanol–water partition coefficient (Wildman–Crippen LogP) is 3.10. The third kappa shape index (κ3) is 5.33. The van der Waals surface area contributed by atoms with Gasteiger partial charge in [-0.05, 0) is 31.7 Å². The highest BCUT2D eigenvalue weighted by molar-refractivity contribution is 5.81. The van der Waals surface area contributed by atoms with Crippen LogP contribution in [0.15, 0.2) is 73.1 Å². The molecule has 1 aliphatic heterocycles. The number of amides is 1. The van der Waals surface area contributed by atoms with Crippen molar-refractivity contribution in [1.82, 2.24) is 19.6 Å². The van der Waals surface area contributed by atoms with Crippen molar-refractivity contribution < 1.29 is 4.79 Å². The van der Waals surface area contributed by atoms with Gasteiger partial charge in [-0.3, -0.25) is 14.4 Å². The van der Waals surface area contributed by atoms with Gasteiger partial charge in [0.25, 0.3) is 0 Å². The maximum Gasteiger partial charge on any atom is 0.239 e. The van der Waals surface area contributed by atoms with Crippen LogP contribution in [-0.2, 0) is 17.9 Å². The van der Waals surface area contributed by atoms with Gasteiger partial charge in [-0.1, -0.05) is 48.5 Å². The molecule has 1 aromatic heterocycles. The second-order valence-electron chi connectivity index (χ2n) is 8.27. The monoisotopic (exact) mass is 417 g/mol. The molecule has 0 saturated carbocycles. The molecule has 1 fully saturated rings. The highest BCUT2D eigenvalue weighted by Gasteiger charge is 2.27. The van der Waals surface area contributed by atoms with Crippen molar-refractivity contribution in [3.8, 4) is 0 Å². The Kier molecular flexibility index (Phi) is 6.67. The first kappa shape index (κ1) is 21.1. The Hall–Kier alpha value is -3.12. The molecular formula is C25H31N5O. The van der Waals surface area contributed by atoms with Crippen LogP contribution in [0.3, 0.4) is 0 Å². The van der Waals surface area contributed by atoms with Gasteiger partial charge in [-0.25, -0.2) is 0 Å². The van der Waals surface area contributed by atoms with E-state index in [4.69, 9.17) is 0 Å². The Bertz CT molecular complexity index is 964. The van der Waals surface area contributed by atoms with E-state index in [1.54, 1.807) is 0 Å². The summed E-state index contributed by atoms with van der Waals surface area (Å²) in [5, 5.41) is 4.48. The van der Waals surface area contributed by atoms with E-state index in [9.17, 15) is 4.79 Å². The number of hydrogen-bond acceptors (Lipinski definition) is 4. The lowest BCUT2D eigenvalue weighted by Crippen LogP contribution is -2.53. The van der Waals surface area contributed by atoms with Gasteiger partial charge in [0.15, 0.2) is 0 Å². The van der Waals surface area contributed by atoms with Gasteiger partial charge >= 0.3 is 0 Å². The molecule has 1 saturated heterocycles. The molecule has 1 atom stereocenters. The Balaban J connectivity index is 1.28. The summed E-state index contributed by atoms with van der Waals surface area (Å²) in [6, 6.07) is 20.6. The number of para-hydroxylation sites is 1. The number of likely N-dealkylation sites (N-methyl/N-ethyl adjacent to an activating group) is 1. The number of carbonyl (C=O) groups excluding carboxylic acids is 1. The van der Waals surface area contributed by atoms with Crippen LogP contribution in [0.2, 0.25) is 0 Å². The average molecular weight is 418 g/mol. The van der Waals surface area contributed by atoms with Crippen molar-refractivity contribution in [3.05, 3.63) is 84.2 Å². The predicted molar refractivity (Wildman–Crippen MR) is 124 cm³/mol. The molecule has 162 valence electrons. The first-order chi connectivity index (χ1) is 15.1. The molecule has 1 amide bonds. The van der Waals surface area contributed by atoms with Crippen molar-refractivity contribution in [3.63, 3.8) is 0 Å². The molecule has 0 radical (unpaired) electrons. The number of piperazine rings is 1. The quantitative estimate of drug-likeness (QED) is 0.593. The first-order valence-corrected chi connectivity index (χ1v) is 10.9. The van der Waals surface area contributed by atoms with E-state index >= 15 is 0 Å². The van der Waals surface area contributed by atoms with E-state index in [1.165, 1.54) is 11.3 Å². The number of benzene rings is 2. The second-order valence-corrected chi connectivity index (χ2v) is 8.27. The molecule has 2 aromatic carbocycles. The third-order valence-corrected chi connectivity index (χ3v) is 6.04. The standard InChI is InChI=1S/C25H31N5O/c1-21(25(31)29-15-13-28(14-16-29)24-11-7-4-8-12-24)27(2)18-23-17-26-30(20-23)19-22-9-5-3-6-10-22/h3-12,17,20-21H,13-16,18-19H2,1-2H3. The summed E-state index contributed by atoms with van der Waals surface area (Å²) < 4.78 is 1.95. The number of aromatic nitrogens is 2. The van der Waals surface area contributed by atoms with Crippen molar-refractivity contribution >= 4 is 11.6 Å². The van der Waals surface area contributed by atoms with Crippen molar-refractivity contribution in [2.45, 2.75) is 26.1 Å². The lowest BCUT2D eigenvalue weighted by Gasteiger charge is -2.38. The molecule has 2 heterocycles. The Morgan fingerprint density at radius 1 is 0.968 bits per heavy atom. The molecule has 31 heavy (non-hydrogen) atoms. The third-order valence-electron chi connectivity index (χ3n) is 6.04. The molecule has 6 nitrogen and oxygen atoms in total. The van der Waals surface area contributed by atoms with Crippen molar-refractivity contribution in [2.24, 2.45) is 0 Å². The number of hydrogen-bond donors (Lipinski definition) is 0. The fourth-order valence-corrected chi connectivity index (χ4v) is 4.05. The zero-order valence-corrected chi connectivity index (χ0v) is 18.4. The number of carbonyl (C=O) groups is 1. The van der Waals surface area contributed by atoms with Crippen LogP contribution < -0.4 is 4.90 Å². The second kappa shape index (κ2) is 9.79. The maximum absolute atomic E-state index is 13.1. The fourth-order valence-electron chi connectivity index (χ4n) is 4.05. The van der Waals surface area contributed by atoms with E-state index < -0.39 is 0 Å². The van der Waals surface area contributed by atoms with Crippen LogP contribution in [0.1, 0.15) is 18.1 Å². The molecule has 6 heteroatoms. The summed E-state index contributed by atoms with van der Waals surface area (Å²) in [6.45, 7) is 6.73. The minimum absolute atomic E-state index is 0.166. The van der Waals surface area contributed by atoms with E-state index in [-0.39, 0.29) is 11.9 Å². The molecule has 1 aliphatic rings. The number of rotatable bonds is 7. The van der Waals surface area contributed by atoms with Gasteiger partial charge in [0, 0.05) is 50.2 Å². The summed E-state index contributed by atoms with van der Waals surface area (Å²) in [6.07, 6.45) is 3.97. The van der Waals surface area contributed by atoms with Crippen LogP contribution in [0.4, 0.5) is 5.69 Å². The SMILES string of the molecule is CC(C(=O)N1CCN(c2ccccc2)CC1)N(C)Cc1cnn(Cc2ccccc2)c1. The Morgan fingerprint density at radius 2 is 1.61 bits per heavy atom. The number of nitrogens with zero attached hydrogens (tertiary/aromatic N) is 5. The van der Waals surface area contributed by atoms with Gasteiger partial charge in [-0.15, -0.1) is 0 Å². The highest BCUT2D eigenvalue weighted by atomic mass is 16.2. The van der Waals surface area contributed by atoms with Crippen LogP contribution in [0.25, 0.3) is 0 Å². The summed E-state index contributed by atoms with van der Waals surface area (Å²) in [5.41, 5.74) is 3.57. The Morgan fingerprint density at radius 3 is 2.29 bits per heavy atom. The van der Waals surface area contributed by atoms with Crippen LogP contribution in [-0.4, -0.2) is 64.8 Å².